The van der Waals surface area contributed by atoms with Crippen LogP contribution in [0.25, 0.3) is 6.08 Å². The quantitative estimate of drug-likeness (QED) is 0.611. The summed E-state index contributed by atoms with van der Waals surface area (Å²) in [7, 11) is 1.80. The van der Waals surface area contributed by atoms with E-state index in [0.717, 1.165) is 34.6 Å². The molecule has 0 saturated heterocycles. The zero-order valence-corrected chi connectivity index (χ0v) is 17.7. The molecule has 6 nitrogen and oxygen atoms in total. The Kier molecular flexibility index (Phi) is 6.79. The maximum absolute atomic E-state index is 13.0. The van der Waals surface area contributed by atoms with Crippen LogP contribution in [0.2, 0.25) is 0 Å². The smallest absolute Gasteiger partial charge is 0.247 e. The van der Waals surface area contributed by atoms with E-state index in [9.17, 15) is 4.79 Å². The first-order valence-electron chi connectivity index (χ1n) is 9.52. The van der Waals surface area contributed by atoms with Gasteiger partial charge in [0.1, 0.15) is 6.61 Å². The van der Waals surface area contributed by atoms with Crippen molar-refractivity contribution in [1.29, 1.82) is 0 Å². The Bertz CT molecular complexity index is 1030. The van der Waals surface area contributed by atoms with Gasteiger partial charge in [0, 0.05) is 24.9 Å². The Morgan fingerprint density at radius 2 is 2.13 bits per heavy atom. The maximum Gasteiger partial charge on any atom is 0.247 e. The number of carbonyl (C=O) groups excluding carboxylic acids is 1. The van der Waals surface area contributed by atoms with Gasteiger partial charge in [0.2, 0.25) is 5.91 Å². The predicted octanol–water partition coefficient (Wildman–Crippen LogP) is 4.47. The first-order chi connectivity index (χ1) is 14.1. The number of furan rings is 1. The molecule has 0 radical (unpaired) electrons. The summed E-state index contributed by atoms with van der Waals surface area (Å²) in [6.07, 6.45) is 8.35. The number of benzene rings is 1. The number of fused-ring (bicyclic) bond motifs is 1. The molecule has 0 fully saturated rings. The molecule has 7 heteroatoms. The summed E-state index contributed by atoms with van der Waals surface area (Å²) in [6, 6.07) is 11.6. The highest BCUT2D eigenvalue weighted by molar-refractivity contribution is 5.92. The first-order valence-corrected chi connectivity index (χ1v) is 9.52. The number of halogens is 1. The number of amides is 1. The number of likely N-dealkylation sites (N-methyl/N-ethyl adjacent to an activating group) is 1. The highest BCUT2D eigenvalue weighted by Crippen LogP contribution is 2.31. The summed E-state index contributed by atoms with van der Waals surface area (Å²) in [5.74, 6) is 1.32. The van der Waals surface area contributed by atoms with Gasteiger partial charge in [-0.05, 0) is 41.8 Å². The van der Waals surface area contributed by atoms with E-state index < -0.39 is 0 Å². The zero-order chi connectivity index (χ0) is 20.2. The molecule has 3 heterocycles. The fourth-order valence-electron chi connectivity index (χ4n) is 3.47. The van der Waals surface area contributed by atoms with Gasteiger partial charge < -0.3 is 19.4 Å². The van der Waals surface area contributed by atoms with Crippen LogP contribution in [-0.2, 0) is 4.79 Å². The monoisotopic (exact) mass is 425 g/mol. The fourth-order valence-corrected chi connectivity index (χ4v) is 3.47. The molecule has 1 amide bonds. The van der Waals surface area contributed by atoms with Crippen molar-refractivity contribution in [3.63, 3.8) is 0 Å². The number of aromatic nitrogens is 1. The number of carbonyl (C=O) groups is 1. The molecule has 156 valence electrons. The van der Waals surface area contributed by atoms with E-state index in [1.165, 1.54) is 0 Å². The predicted molar refractivity (Wildman–Crippen MR) is 119 cm³/mol. The second-order valence-corrected chi connectivity index (χ2v) is 6.99. The van der Waals surface area contributed by atoms with Crippen molar-refractivity contribution in [2.24, 2.45) is 0 Å². The Morgan fingerprint density at radius 1 is 1.30 bits per heavy atom. The highest BCUT2D eigenvalue weighted by Gasteiger charge is 2.24. The van der Waals surface area contributed by atoms with Gasteiger partial charge in [-0.1, -0.05) is 24.3 Å². The van der Waals surface area contributed by atoms with Gasteiger partial charge >= 0.3 is 0 Å². The summed E-state index contributed by atoms with van der Waals surface area (Å²) in [6.45, 7) is 3.39. The molecule has 0 aliphatic carbocycles. The van der Waals surface area contributed by atoms with Crippen LogP contribution in [0.1, 0.15) is 28.3 Å². The van der Waals surface area contributed by atoms with Gasteiger partial charge in [-0.3, -0.25) is 4.79 Å². The van der Waals surface area contributed by atoms with Crippen molar-refractivity contribution in [2.75, 3.05) is 25.5 Å². The van der Waals surface area contributed by atoms with E-state index in [1.54, 1.807) is 42.8 Å². The van der Waals surface area contributed by atoms with Gasteiger partial charge in [0.05, 0.1) is 25.1 Å². The Balaban J connectivity index is 0.00000256. The summed E-state index contributed by atoms with van der Waals surface area (Å²) in [4.78, 5) is 19.0. The minimum atomic E-state index is -0.235. The van der Waals surface area contributed by atoms with Crippen LogP contribution in [0, 0.1) is 6.92 Å². The highest BCUT2D eigenvalue weighted by atomic mass is 35.5. The molecule has 1 aliphatic rings. The molecule has 1 aromatic carbocycles. The Labute approximate surface area is 182 Å². The molecule has 1 atom stereocenters. The third-order valence-electron chi connectivity index (χ3n) is 5.02. The average molecular weight is 426 g/mol. The first kappa shape index (κ1) is 21.5. The van der Waals surface area contributed by atoms with Crippen LogP contribution in [0.3, 0.4) is 0 Å². The number of pyridine rings is 1. The largest absolute Gasteiger partial charge is 0.488 e. The maximum atomic E-state index is 13.0. The number of rotatable bonds is 5. The average Bonchev–Trinajstić information content (AvgIpc) is 3.27. The molecule has 0 bridgehead atoms. The van der Waals surface area contributed by atoms with Gasteiger partial charge in [-0.25, -0.2) is 4.98 Å². The second kappa shape index (κ2) is 9.50. The van der Waals surface area contributed by atoms with Crippen molar-refractivity contribution in [3.05, 3.63) is 83.5 Å². The van der Waals surface area contributed by atoms with Crippen LogP contribution in [0.5, 0.6) is 5.75 Å². The fraction of sp³-hybridized carbons (Fsp3) is 0.217. The normalized spacial score (nSPS) is 13.5. The summed E-state index contributed by atoms with van der Waals surface area (Å²) < 4.78 is 10.9. The van der Waals surface area contributed by atoms with Crippen LogP contribution in [-0.4, -0.2) is 36.0 Å². The SMILES string of the molecule is Cc1ccccc1C(c1ccoc1)N(C)C(=O)/C=C/c1cnc2c(c1)OCCN2.Cl. The van der Waals surface area contributed by atoms with Gasteiger partial charge in [-0.2, -0.15) is 0 Å². The molecular weight excluding hydrogens is 402 g/mol. The van der Waals surface area contributed by atoms with Crippen LogP contribution in [0.15, 0.2) is 65.6 Å². The van der Waals surface area contributed by atoms with Crippen molar-refractivity contribution < 1.29 is 13.9 Å². The summed E-state index contributed by atoms with van der Waals surface area (Å²) >= 11 is 0. The van der Waals surface area contributed by atoms with Crippen LogP contribution < -0.4 is 10.1 Å². The number of hydrogen-bond acceptors (Lipinski definition) is 5. The minimum Gasteiger partial charge on any atom is -0.488 e. The van der Waals surface area contributed by atoms with Crippen molar-refractivity contribution in [3.8, 4) is 5.75 Å². The third kappa shape index (κ3) is 4.49. The van der Waals surface area contributed by atoms with E-state index in [-0.39, 0.29) is 24.4 Å². The number of aryl methyl sites for hydroxylation is 1. The lowest BCUT2D eigenvalue weighted by Crippen LogP contribution is -2.30. The lowest BCUT2D eigenvalue weighted by atomic mass is 9.95. The van der Waals surface area contributed by atoms with E-state index in [0.29, 0.717) is 12.4 Å². The number of hydrogen-bond donors (Lipinski definition) is 1. The molecule has 0 spiro atoms. The summed E-state index contributed by atoms with van der Waals surface area (Å²) in [5, 5.41) is 3.18. The van der Waals surface area contributed by atoms with Crippen LogP contribution in [0.4, 0.5) is 5.82 Å². The molecule has 0 saturated carbocycles. The molecule has 1 aliphatic heterocycles. The Hall–Kier alpha value is -3.25. The summed E-state index contributed by atoms with van der Waals surface area (Å²) in [5.41, 5.74) is 3.92. The molecule has 1 N–H and O–H groups in total. The topological polar surface area (TPSA) is 67.6 Å². The van der Waals surface area contributed by atoms with E-state index in [1.807, 2.05) is 43.3 Å². The van der Waals surface area contributed by atoms with Crippen molar-refractivity contribution in [1.82, 2.24) is 9.88 Å². The molecule has 30 heavy (non-hydrogen) atoms. The molecular formula is C23H24ClN3O3. The number of nitrogens with one attached hydrogen (secondary N) is 1. The van der Waals surface area contributed by atoms with E-state index in [2.05, 4.69) is 10.3 Å². The third-order valence-corrected chi connectivity index (χ3v) is 5.02. The van der Waals surface area contributed by atoms with E-state index >= 15 is 0 Å². The standard InChI is InChI=1S/C23H23N3O3.ClH/c1-16-5-3-4-6-19(16)22(18-9-11-28-15-18)26(2)21(27)8-7-17-13-20-23(25-14-17)24-10-12-29-20;/h3-9,11,13-15,22H,10,12H2,1-2H3,(H,24,25);1H/b8-7+;. The number of nitrogens with zero attached hydrogens (tertiary/aromatic N) is 2. The van der Waals surface area contributed by atoms with Crippen molar-refractivity contribution in [2.45, 2.75) is 13.0 Å². The number of ether oxygens (including phenoxy) is 1. The molecule has 1 unspecified atom stereocenters. The second-order valence-electron chi connectivity index (χ2n) is 6.99. The van der Waals surface area contributed by atoms with Gasteiger partial charge in [-0.15, -0.1) is 12.4 Å². The minimum absolute atomic E-state index is 0. The van der Waals surface area contributed by atoms with Crippen LogP contribution >= 0.6 is 12.4 Å². The van der Waals surface area contributed by atoms with Gasteiger partial charge in [0.25, 0.3) is 0 Å². The molecule has 4 rings (SSSR count). The molecule has 2 aromatic heterocycles. The Morgan fingerprint density at radius 3 is 2.90 bits per heavy atom. The zero-order valence-electron chi connectivity index (χ0n) is 16.9. The van der Waals surface area contributed by atoms with Crippen molar-refractivity contribution >= 4 is 30.2 Å². The van der Waals surface area contributed by atoms with E-state index in [4.69, 9.17) is 9.15 Å². The lowest BCUT2D eigenvalue weighted by molar-refractivity contribution is -0.126. The van der Waals surface area contributed by atoms with Gasteiger partial charge in [0.15, 0.2) is 11.6 Å². The number of anilines is 1. The lowest BCUT2D eigenvalue weighted by Gasteiger charge is -2.28. The molecule has 3 aromatic rings.